The maximum Gasteiger partial charge on any atom is 0.0588 e. The number of hydrogen-bond donors (Lipinski definition) is 2. The van der Waals surface area contributed by atoms with Crippen molar-refractivity contribution in [2.24, 2.45) is 11.7 Å². The molecule has 0 aromatic rings. The Balaban J connectivity index is 1.56. The van der Waals surface area contributed by atoms with Crippen molar-refractivity contribution in [2.75, 3.05) is 19.7 Å². The summed E-state index contributed by atoms with van der Waals surface area (Å²) in [5.41, 5.74) is 6.22. The molecule has 2 rings (SSSR count). The van der Waals surface area contributed by atoms with Crippen molar-refractivity contribution in [1.29, 1.82) is 0 Å². The molecule has 17 heavy (non-hydrogen) atoms. The molecule has 2 aliphatic rings. The lowest BCUT2D eigenvalue weighted by Gasteiger charge is -2.22. The van der Waals surface area contributed by atoms with Gasteiger partial charge in [-0.3, -0.25) is 0 Å². The lowest BCUT2D eigenvalue weighted by atomic mass is 9.95. The molecule has 3 heteroatoms. The van der Waals surface area contributed by atoms with Gasteiger partial charge in [-0.1, -0.05) is 19.3 Å². The van der Waals surface area contributed by atoms with Crippen molar-refractivity contribution in [2.45, 2.75) is 63.5 Å². The SMILES string of the molecule is NC1CCCCCC1CNCCC1CCCO1. The zero-order chi connectivity index (χ0) is 11.9. The Hall–Kier alpha value is -0.120. The standard InChI is InChI=1S/C14H28N2O/c15-14-7-3-1-2-5-12(14)11-16-9-8-13-6-4-10-17-13/h12-14,16H,1-11,15H2. The van der Waals surface area contributed by atoms with E-state index in [2.05, 4.69) is 5.32 Å². The third kappa shape index (κ3) is 4.57. The Bertz CT molecular complexity index is 204. The average molecular weight is 240 g/mol. The third-order valence-corrected chi connectivity index (χ3v) is 4.29. The second kappa shape index (κ2) is 7.34. The highest BCUT2D eigenvalue weighted by Crippen LogP contribution is 2.21. The Kier molecular flexibility index (Phi) is 5.75. The molecule has 3 unspecified atom stereocenters. The van der Waals surface area contributed by atoms with E-state index in [1.807, 2.05) is 0 Å². The molecule has 2 fully saturated rings. The zero-order valence-electron chi connectivity index (χ0n) is 11.0. The minimum atomic E-state index is 0.424. The Morgan fingerprint density at radius 1 is 1.06 bits per heavy atom. The van der Waals surface area contributed by atoms with Gasteiger partial charge >= 0.3 is 0 Å². The topological polar surface area (TPSA) is 47.3 Å². The molecule has 1 heterocycles. The van der Waals surface area contributed by atoms with Crippen LogP contribution in [0.1, 0.15) is 51.4 Å². The number of nitrogens with one attached hydrogen (secondary N) is 1. The van der Waals surface area contributed by atoms with Crippen molar-refractivity contribution in [1.82, 2.24) is 5.32 Å². The molecule has 1 aliphatic carbocycles. The number of ether oxygens (including phenoxy) is 1. The summed E-state index contributed by atoms with van der Waals surface area (Å²) in [4.78, 5) is 0. The first-order valence-electron chi connectivity index (χ1n) is 7.44. The Morgan fingerprint density at radius 3 is 2.76 bits per heavy atom. The summed E-state index contributed by atoms with van der Waals surface area (Å²) in [6, 6.07) is 0.424. The predicted octanol–water partition coefficient (Wildman–Crippen LogP) is 2.05. The fraction of sp³-hybridized carbons (Fsp3) is 1.00. The largest absolute Gasteiger partial charge is 0.378 e. The minimum absolute atomic E-state index is 0.424. The van der Waals surface area contributed by atoms with Crippen LogP contribution in [0.5, 0.6) is 0 Å². The van der Waals surface area contributed by atoms with Gasteiger partial charge in [0.1, 0.15) is 0 Å². The molecule has 0 aromatic heterocycles. The fourth-order valence-corrected chi connectivity index (χ4v) is 3.09. The maximum atomic E-state index is 6.22. The summed E-state index contributed by atoms with van der Waals surface area (Å²) >= 11 is 0. The van der Waals surface area contributed by atoms with Gasteiger partial charge in [-0.25, -0.2) is 0 Å². The van der Waals surface area contributed by atoms with Gasteiger partial charge in [0, 0.05) is 12.6 Å². The van der Waals surface area contributed by atoms with Crippen LogP contribution >= 0.6 is 0 Å². The quantitative estimate of drug-likeness (QED) is 0.571. The first kappa shape index (κ1) is 13.3. The third-order valence-electron chi connectivity index (χ3n) is 4.29. The van der Waals surface area contributed by atoms with Crippen LogP contribution in [-0.4, -0.2) is 31.8 Å². The number of rotatable bonds is 5. The molecule has 0 spiro atoms. The second-order valence-electron chi connectivity index (χ2n) is 5.69. The van der Waals surface area contributed by atoms with Gasteiger partial charge in [-0.15, -0.1) is 0 Å². The van der Waals surface area contributed by atoms with E-state index >= 15 is 0 Å². The highest BCUT2D eigenvalue weighted by molar-refractivity contribution is 4.78. The van der Waals surface area contributed by atoms with Gasteiger partial charge in [-0.05, 0) is 51.1 Å². The molecule has 3 nitrogen and oxygen atoms in total. The van der Waals surface area contributed by atoms with Gasteiger partial charge in [0.2, 0.25) is 0 Å². The highest BCUT2D eigenvalue weighted by atomic mass is 16.5. The lowest BCUT2D eigenvalue weighted by Crippen LogP contribution is -2.37. The molecular formula is C14H28N2O. The monoisotopic (exact) mass is 240 g/mol. The minimum Gasteiger partial charge on any atom is -0.378 e. The van der Waals surface area contributed by atoms with Crippen molar-refractivity contribution in [3.05, 3.63) is 0 Å². The van der Waals surface area contributed by atoms with Gasteiger partial charge in [0.25, 0.3) is 0 Å². The van der Waals surface area contributed by atoms with Crippen molar-refractivity contribution in [3.63, 3.8) is 0 Å². The van der Waals surface area contributed by atoms with Crippen LogP contribution in [0.2, 0.25) is 0 Å². The van der Waals surface area contributed by atoms with E-state index in [4.69, 9.17) is 10.5 Å². The van der Waals surface area contributed by atoms with Crippen molar-refractivity contribution < 1.29 is 4.74 Å². The molecule has 3 N–H and O–H groups in total. The first-order valence-corrected chi connectivity index (χ1v) is 7.44. The second-order valence-corrected chi connectivity index (χ2v) is 5.69. The lowest BCUT2D eigenvalue weighted by molar-refractivity contribution is 0.104. The summed E-state index contributed by atoms with van der Waals surface area (Å²) in [6.07, 6.45) is 10.8. The van der Waals surface area contributed by atoms with Crippen LogP contribution in [0.3, 0.4) is 0 Å². The molecule has 3 atom stereocenters. The Labute approximate surface area is 105 Å². The van der Waals surface area contributed by atoms with Crippen molar-refractivity contribution in [3.8, 4) is 0 Å². The summed E-state index contributed by atoms with van der Waals surface area (Å²) in [5, 5.41) is 3.58. The molecule has 1 saturated heterocycles. The van der Waals surface area contributed by atoms with Crippen molar-refractivity contribution >= 4 is 0 Å². The summed E-state index contributed by atoms with van der Waals surface area (Å²) in [5.74, 6) is 0.696. The van der Waals surface area contributed by atoms with Gasteiger partial charge in [0.15, 0.2) is 0 Å². The summed E-state index contributed by atoms with van der Waals surface area (Å²) in [6.45, 7) is 3.17. The van der Waals surface area contributed by atoms with E-state index in [-0.39, 0.29) is 0 Å². The van der Waals surface area contributed by atoms with Crippen LogP contribution in [0.4, 0.5) is 0 Å². The number of nitrogens with two attached hydrogens (primary N) is 1. The molecule has 0 aromatic carbocycles. The molecular weight excluding hydrogens is 212 g/mol. The molecule has 100 valence electrons. The maximum absolute atomic E-state index is 6.22. The Morgan fingerprint density at radius 2 is 1.94 bits per heavy atom. The van der Waals surface area contributed by atoms with Crippen LogP contribution in [-0.2, 0) is 4.74 Å². The zero-order valence-corrected chi connectivity index (χ0v) is 11.0. The van der Waals surface area contributed by atoms with Crippen LogP contribution < -0.4 is 11.1 Å². The normalized spacial score (nSPS) is 34.8. The fourth-order valence-electron chi connectivity index (χ4n) is 3.09. The van der Waals surface area contributed by atoms with Crippen LogP contribution in [0.15, 0.2) is 0 Å². The van der Waals surface area contributed by atoms with Gasteiger partial charge in [-0.2, -0.15) is 0 Å². The van der Waals surface area contributed by atoms with E-state index in [1.165, 1.54) is 51.4 Å². The van der Waals surface area contributed by atoms with Gasteiger partial charge in [0.05, 0.1) is 6.10 Å². The number of hydrogen-bond acceptors (Lipinski definition) is 3. The van der Waals surface area contributed by atoms with Crippen LogP contribution in [0.25, 0.3) is 0 Å². The average Bonchev–Trinajstić information content (AvgIpc) is 2.76. The smallest absolute Gasteiger partial charge is 0.0588 e. The molecule has 0 amide bonds. The molecule has 1 aliphatic heterocycles. The van der Waals surface area contributed by atoms with Gasteiger partial charge < -0.3 is 15.8 Å². The van der Waals surface area contributed by atoms with E-state index in [9.17, 15) is 0 Å². The van der Waals surface area contributed by atoms with E-state index < -0.39 is 0 Å². The summed E-state index contributed by atoms with van der Waals surface area (Å²) in [7, 11) is 0. The molecule has 1 saturated carbocycles. The van der Waals surface area contributed by atoms with E-state index in [0.29, 0.717) is 18.1 Å². The molecule has 0 bridgehead atoms. The molecule has 0 radical (unpaired) electrons. The van der Waals surface area contributed by atoms with E-state index in [0.717, 1.165) is 19.7 Å². The first-order chi connectivity index (χ1) is 8.36. The van der Waals surface area contributed by atoms with E-state index in [1.54, 1.807) is 0 Å². The predicted molar refractivity (Wildman–Crippen MR) is 71.0 cm³/mol. The summed E-state index contributed by atoms with van der Waals surface area (Å²) < 4.78 is 5.62. The highest BCUT2D eigenvalue weighted by Gasteiger charge is 2.20. The van der Waals surface area contributed by atoms with Crippen LogP contribution in [0, 0.1) is 5.92 Å².